The average Bonchev–Trinajstić information content (AvgIpc) is 2.49. The maximum absolute atomic E-state index is 3.03. The fraction of sp³-hybridized carbons (Fsp3) is 0.667. The highest BCUT2D eigenvalue weighted by atomic mass is 31.0. The van der Waals surface area contributed by atoms with Gasteiger partial charge in [0.1, 0.15) is 0 Å². The van der Waals surface area contributed by atoms with Crippen molar-refractivity contribution in [3.8, 4) is 0 Å². The molecule has 3 rings (SSSR count). The van der Waals surface area contributed by atoms with Crippen LogP contribution in [0, 0.1) is 11.8 Å². The van der Waals surface area contributed by atoms with Crippen molar-refractivity contribution < 1.29 is 0 Å². The Morgan fingerprint density at radius 2 is 1.21 bits per heavy atom. The van der Waals surface area contributed by atoms with Crippen molar-refractivity contribution in [1.29, 1.82) is 0 Å². The Balaban J connectivity index is 1.52. The molecule has 2 fully saturated rings. The van der Waals surface area contributed by atoms with E-state index in [1.165, 1.54) is 51.4 Å². The van der Waals surface area contributed by atoms with Gasteiger partial charge in [-0.25, -0.2) is 0 Å². The first-order valence-electron chi connectivity index (χ1n) is 8.13. The zero-order valence-electron chi connectivity index (χ0n) is 11.9. The van der Waals surface area contributed by atoms with E-state index in [1.54, 1.807) is 5.56 Å². The Labute approximate surface area is 120 Å². The monoisotopic (exact) mass is 274 g/mol. The largest absolute Gasteiger partial charge is 0.134 e. The summed E-state index contributed by atoms with van der Waals surface area (Å²) in [5, 5.41) is 0. The smallest absolute Gasteiger partial charge is 0.0162 e. The third-order valence-electron chi connectivity index (χ3n) is 5.53. The SMILES string of the molecule is PC1CCC(C2CCC(c3ccccc3)CC2)CC1. The number of rotatable bonds is 2. The summed E-state index contributed by atoms with van der Waals surface area (Å²) in [6.07, 6.45) is 11.7. The second kappa shape index (κ2) is 6.40. The van der Waals surface area contributed by atoms with E-state index in [0.29, 0.717) is 0 Å². The fourth-order valence-corrected chi connectivity index (χ4v) is 4.65. The molecule has 0 nitrogen and oxygen atoms in total. The molecule has 2 aliphatic carbocycles. The van der Waals surface area contributed by atoms with Crippen LogP contribution in [0.5, 0.6) is 0 Å². The summed E-state index contributed by atoms with van der Waals surface area (Å²) in [6.45, 7) is 0. The minimum Gasteiger partial charge on any atom is -0.134 e. The maximum Gasteiger partial charge on any atom is -0.0162 e. The highest BCUT2D eigenvalue weighted by Gasteiger charge is 2.30. The van der Waals surface area contributed by atoms with Crippen molar-refractivity contribution in [1.82, 2.24) is 0 Å². The summed E-state index contributed by atoms with van der Waals surface area (Å²) in [5.41, 5.74) is 2.49. The van der Waals surface area contributed by atoms with E-state index < -0.39 is 0 Å². The molecular weight excluding hydrogens is 247 g/mol. The van der Waals surface area contributed by atoms with Crippen LogP contribution >= 0.6 is 9.24 Å². The third-order valence-corrected chi connectivity index (χ3v) is 6.19. The molecule has 0 radical (unpaired) electrons. The Morgan fingerprint density at radius 1 is 0.684 bits per heavy atom. The van der Waals surface area contributed by atoms with Crippen molar-refractivity contribution >= 4 is 9.24 Å². The normalized spacial score (nSPS) is 36.1. The Kier molecular flexibility index (Phi) is 4.59. The van der Waals surface area contributed by atoms with Crippen LogP contribution in [-0.2, 0) is 0 Å². The zero-order valence-corrected chi connectivity index (χ0v) is 13.1. The maximum atomic E-state index is 3.03. The van der Waals surface area contributed by atoms with Gasteiger partial charge in [0.2, 0.25) is 0 Å². The first-order valence-corrected chi connectivity index (χ1v) is 8.80. The lowest BCUT2D eigenvalue weighted by molar-refractivity contribution is 0.188. The standard InChI is InChI=1S/C18H27P/c19-18-12-10-17(11-13-18)16-8-6-15(7-9-16)14-4-2-1-3-5-14/h1-5,15-18H,6-13,19H2. The molecule has 0 amide bonds. The molecule has 1 aromatic rings. The van der Waals surface area contributed by atoms with Crippen LogP contribution < -0.4 is 0 Å². The highest BCUT2D eigenvalue weighted by molar-refractivity contribution is 7.17. The van der Waals surface area contributed by atoms with Gasteiger partial charge >= 0.3 is 0 Å². The second-order valence-corrected chi connectivity index (χ2v) is 7.64. The van der Waals surface area contributed by atoms with Gasteiger partial charge in [-0.1, -0.05) is 30.3 Å². The number of hydrogen-bond acceptors (Lipinski definition) is 0. The minimum absolute atomic E-state index is 0.843. The van der Waals surface area contributed by atoms with E-state index >= 15 is 0 Å². The molecule has 0 saturated heterocycles. The summed E-state index contributed by atoms with van der Waals surface area (Å²) in [4.78, 5) is 0. The lowest BCUT2D eigenvalue weighted by Gasteiger charge is -2.37. The summed E-state index contributed by atoms with van der Waals surface area (Å²) in [7, 11) is 3.03. The summed E-state index contributed by atoms with van der Waals surface area (Å²) in [6, 6.07) is 11.2. The van der Waals surface area contributed by atoms with E-state index in [9.17, 15) is 0 Å². The molecule has 1 aromatic carbocycles. The van der Waals surface area contributed by atoms with Gasteiger partial charge in [-0.2, -0.15) is 0 Å². The molecule has 0 heterocycles. The molecule has 0 N–H and O–H groups in total. The molecule has 0 aromatic heterocycles. The van der Waals surface area contributed by atoms with Gasteiger partial charge in [0.25, 0.3) is 0 Å². The molecule has 0 bridgehead atoms. The van der Waals surface area contributed by atoms with E-state index in [0.717, 1.165) is 23.4 Å². The van der Waals surface area contributed by atoms with Gasteiger partial charge < -0.3 is 0 Å². The number of hydrogen-bond donors (Lipinski definition) is 0. The first-order chi connectivity index (χ1) is 9.33. The van der Waals surface area contributed by atoms with Gasteiger partial charge in [-0.3, -0.25) is 0 Å². The highest BCUT2D eigenvalue weighted by Crippen LogP contribution is 2.43. The lowest BCUT2D eigenvalue weighted by atomic mass is 9.70. The quantitative estimate of drug-likeness (QED) is 0.634. The summed E-state index contributed by atoms with van der Waals surface area (Å²) >= 11 is 0. The van der Waals surface area contributed by atoms with Crippen LogP contribution in [-0.4, -0.2) is 5.66 Å². The molecule has 1 heteroatoms. The van der Waals surface area contributed by atoms with Crippen LogP contribution in [0.3, 0.4) is 0 Å². The molecule has 19 heavy (non-hydrogen) atoms. The molecule has 1 unspecified atom stereocenters. The average molecular weight is 274 g/mol. The van der Waals surface area contributed by atoms with E-state index in [-0.39, 0.29) is 0 Å². The molecule has 0 aliphatic heterocycles. The molecule has 2 saturated carbocycles. The van der Waals surface area contributed by atoms with E-state index in [1.807, 2.05) is 0 Å². The molecule has 0 spiro atoms. The van der Waals surface area contributed by atoms with Gasteiger partial charge in [0, 0.05) is 0 Å². The van der Waals surface area contributed by atoms with Crippen LogP contribution in [0.2, 0.25) is 0 Å². The second-order valence-electron chi connectivity index (χ2n) is 6.70. The van der Waals surface area contributed by atoms with Gasteiger partial charge in [0.05, 0.1) is 0 Å². The van der Waals surface area contributed by atoms with E-state index in [4.69, 9.17) is 0 Å². The predicted octanol–water partition coefficient (Wildman–Crippen LogP) is 5.39. The molecule has 2 aliphatic rings. The van der Waals surface area contributed by atoms with Crippen molar-refractivity contribution in [3.63, 3.8) is 0 Å². The van der Waals surface area contributed by atoms with Gasteiger partial charge in [-0.15, -0.1) is 9.24 Å². The third kappa shape index (κ3) is 3.40. The van der Waals surface area contributed by atoms with Crippen molar-refractivity contribution in [2.75, 3.05) is 0 Å². The molecule has 104 valence electrons. The Morgan fingerprint density at radius 3 is 1.79 bits per heavy atom. The van der Waals surface area contributed by atoms with Gasteiger partial charge in [0.15, 0.2) is 0 Å². The zero-order chi connectivity index (χ0) is 13.1. The van der Waals surface area contributed by atoms with Crippen LogP contribution in [0.4, 0.5) is 0 Å². The van der Waals surface area contributed by atoms with Crippen molar-refractivity contribution in [2.45, 2.75) is 62.9 Å². The van der Waals surface area contributed by atoms with Gasteiger partial charge in [-0.05, 0) is 80.3 Å². The number of benzene rings is 1. The van der Waals surface area contributed by atoms with Crippen LogP contribution in [0.25, 0.3) is 0 Å². The van der Waals surface area contributed by atoms with Crippen LogP contribution in [0.15, 0.2) is 30.3 Å². The van der Waals surface area contributed by atoms with Crippen molar-refractivity contribution in [2.24, 2.45) is 11.8 Å². The fourth-order valence-electron chi connectivity index (χ4n) is 4.27. The van der Waals surface area contributed by atoms with Crippen LogP contribution in [0.1, 0.15) is 62.8 Å². The predicted molar refractivity (Wildman–Crippen MR) is 86.6 cm³/mol. The minimum atomic E-state index is 0.843. The lowest BCUT2D eigenvalue weighted by Crippen LogP contribution is -2.25. The Hall–Kier alpha value is -0.350. The Bertz CT molecular complexity index is 370. The van der Waals surface area contributed by atoms with Crippen molar-refractivity contribution in [3.05, 3.63) is 35.9 Å². The molecule has 1 atom stereocenters. The topological polar surface area (TPSA) is 0 Å². The summed E-state index contributed by atoms with van der Waals surface area (Å²) < 4.78 is 0. The van der Waals surface area contributed by atoms with E-state index in [2.05, 4.69) is 39.6 Å². The molecular formula is C18H27P. The first kappa shape index (κ1) is 13.6. The summed E-state index contributed by atoms with van der Waals surface area (Å²) in [5.74, 6) is 2.93.